The van der Waals surface area contributed by atoms with Crippen molar-refractivity contribution in [3.8, 4) is 5.75 Å². The minimum Gasteiger partial charge on any atom is -0.494 e. The van der Waals surface area contributed by atoms with Crippen molar-refractivity contribution in [2.45, 2.75) is 58.8 Å². The summed E-state index contributed by atoms with van der Waals surface area (Å²) in [5, 5.41) is 9.83. The van der Waals surface area contributed by atoms with Crippen LogP contribution in [0.15, 0.2) is 52.9 Å². The molecule has 6 heteroatoms. The Balaban J connectivity index is 1.53. The molecular formula is C32H41N2O4+. The zero-order valence-electron chi connectivity index (χ0n) is 22.8. The van der Waals surface area contributed by atoms with E-state index >= 15 is 0 Å². The van der Waals surface area contributed by atoms with Crippen LogP contribution in [0.1, 0.15) is 69.9 Å². The Kier molecular flexibility index (Phi) is 10.0. The first-order valence-corrected chi connectivity index (χ1v) is 14.1. The largest absolute Gasteiger partial charge is 0.494 e. The Morgan fingerprint density at radius 2 is 1.74 bits per heavy atom. The van der Waals surface area contributed by atoms with Gasteiger partial charge in [0.15, 0.2) is 0 Å². The number of hydrogen-bond acceptors (Lipinski definition) is 4. The van der Waals surface area contributed by atoms with E-state index in [9.17, 15) is 4.79 Å². The number of carbonyl (C=O) groups is 1. The number of benzene rings is 2. The van der Waals surface area contributed by atoms with Gasteiger partial charge in [0.2, 0.25) is 0 Å². The van der Waals surface area contributed by atoms with E-state index in [0.29, 0.717) is 13.0 Å². The van der Waals surface area contributed by atoms with Gasteiger partial charge in [-0.25, -0.2) is 0 Å². The Labute approximate surface area is 225 Å². The fourth-order valence-electron chi connectivity index (χ4n) is 4.99. The van der Waals surface area contributed by atoms with Crippen molar-refractivity contribution in [2.24, 2.45) is 0 Å². The number of unbranched alkanes of at least 4 members (excludes halogenated alkanes) is 2. The molecule has 3 aromatic rings. The van der Waals surface area contributed by atoms with Crippen LogP contribution >= 0.6 is 0 Å². The van der Waals surface area contributed by atoms with Crippen molar-refractivity contribution in [3.05, 3.63) is 65.2 Å². The number of fused-ring (bicyclic) bond motifs is 1. The van der Waals surface area contributed by atoms with Gasteiger partial charge in [-0.3, -0.25) is 4.79 Å². The summed E-state index contributed by atoms with van der Waals surface area (Å²) in [7, 11) is 0. The van der Waals surface area contributed by atoms with Gasteiger partial charge in [-0.2, -0.15) is 4.58 Å². The summed E-state index contributed by atoms with van der Waals surface area (Å²) in [5.41, 5.74) is 5.31. The van der Waals surface area contributed by atoms with Gasteiger partial charge < -0.3 is 19.2 Å². The van der Waals surface area contributed by atoms with Gasteiger partial charge in [-0.15, -0.1) is 0 Å². The van der Waals surface area contributed by atoms with Crippen LogP contribution < -0.4 is 19.8 Å². The average Bonchev–Trinajstić information content (AvgIpc) is 2.95. The van der Waals surface area contributed by atoms with Crippen LogP contribution in [0.2, 0.25) is 0 Å². The molecule has 1 aromatic heterocycles. The molecule has 0 radical (unpaired) electrons. The predicted molar refractivity (Wildman–Crippen MR) is 156 cm³/mol. The Morgan fingerprint density at radius 1 is 0.974 bits per heavy atom. The number of anilines is 1. The lowest BCUT2D eigenvalue weighted by Crippen LogP contribution is -2.34. The predicted octanol–water partition coefficient (Wildman–Crippen LogP) is 6.43. The van der Waals surface area contributed by atoms with Crippen LogP contribution in [0, 0.1) is 0 Å². The number of nitrogens with zero attached hydrogens (tertiary/aromatic N) is 2. The van der Waals surface area contributed by atoms with E-state index in [-0.39, 0.29) is 6.42 Å². The van der Waals surface area contributed by atoms with E-state index in [1.54, 1.807) is 0 Å². The molecule has 1 saturated heterocycles. The smallest absolute Gasteiger partial charge is 0.368 e. The third-order valence-corrected chi connectivity index (χ3v) is 7.21. The average molecular weight is 518 g/mol. The highest BCUT2D eigenvalue weighted by atomic mass is 16.5. The van der Waals surface area contributed by atoms with E-state index in [1.165, 1.54) is 24.9 Å². The molecule has 1 aliphatic rings. The quantitative estimate of drug-likeness (QED) is 0.222. The van der Waals surface area contributed by atoms with Crippen LogP contribution in [0.5, 0.6) is 5.75 Å². The van der Waals surface area contributed by atoms with Gasteiger partial charge >= 0.3 is 11.5 Å². The molecule has 1 aliphatic heterocycles. The number of piperidine rings is 1. The summed E-state index contributed by atoms with van der Waals surface area (Å²) >= 11 is 0. The Hall–Kier alpha value is -3.54. The Bertz CT molecular complexity index is 1300. The van der Waals surface area contributed by atoms with E-state index < -0.39 is 5.97 Å². The molecule has 1 N–H and O–H groups in total. The molecule has 6 nitrogen and oxygen atoms in total. The van der Waals surface area contributed by atoms with Gasteiger partial charge in [-0.1, -0.05) is 24.3 Å². The number of carboxylic acids is 1. The molecule has 2 heterocycles. The number of ether oxygens (including phenoxy) is 1. The summed E-state index contributed by atoms with van der Waals surface area (Å²) in [4.78, 5) is 12.9. The second-order valence-electron chi connectivity index (χ2n) is 9.90. The standard InChI is InChI=1S/C32H40N2O4/c1-3-33(4-2)27-16-19-29-26(23-31(38-30(29)24-27)34-20-8-6-9-21-34)15-12-25-13-17-28(18-14-25)37-22-10-5-7-11-32(35)36/h12-19,23-24H,3-11,20-22H2,1-2H3/p+1/b15-12+. The van der Waals surface area contributed by atoms with Gasteiger partial charge in [0.25, 0.3) is 0 Å². The molecule has 0 unspecified atom stereocenters. The van der Waals surface area contributed by atoms with Crippen molar-refractivity contribution in [1.29, 1.82) is 0 Å². The monoisotopic (exact) mass is 517 g/mol. The summed E-state index contributed by atoms with van der Waals surface area (Å²) in [6.07, 6.45) is 10.7. The van der Waals surface area contributed by atoms with Crippen molar-refractivity contribution in [1.82, 2.24) is 4.58 Å². The minimum absolute atomic E-state index is 0.225. The maximum atomic E-state index is 10.6. The lowest BCUT2D eigenvalue weighted by atomic mass is 10.1. The second kappa shape index (κ2) is 13.8. The van der Waals surface area contributed by atoms with Crippen molar-refractivity contribution < 1.29 is 19.1 Å². The summed E-state index contributed by atoms with van der Waals surface area (Å²) in [5.74, 6) is 0.0974. The maximum absolute atomic E-state index is 10.6. The van der Waals surface area contributed by atoms with Gasteiger partial charge in [0, 0.05) is 49.5 Å². The van der Waals surface area contributed by atoms with Crippen LogP contribution in [-0.4, -0.2) is 43.9 Å². The van der Waals surface area contributed by atoms with Crippen molar-refractivity contribution >= 4 is 34.8 Å². The van der Waals surface area contributed by atoms with Crippen LogP contribution in [0.4, 0.5) is 5.69 Å². The number of rotatable bonds is 12. The lowest BCUT2D eigenvalue weighted by molar-refractivity contribution is -0.137. The number of aliphatic carboxylic acids is 1. The summed E-state index contributed by atoms with van der Waals surface area (Å²) in [6, 6.07) is 16.8. The van der Waals surface area contributed by atoms with E-state index in [4.69, 9.17) is 14.3 Å². The molecule has 1 fully saturated rings. The zero-order valence-corrected chi connectivity index (χ0v) is 22.8. The molecule has 0 spiro atoms. The van der Waals surface area contributed by atoms with Crippen molar-refractivity contribution in [3.63, 3.8) is 0 Å². The van der Waals surface area contributed by atoms with Crippen molar-refractivity contribution in [2.75, 3.05) is 37.7 Å². The highest BCUT2D eigenvalue weighted by Gasteiger charge is 2.15. The molecule has 0 saturated carbocycles. The second-order valence-corrected chi connectivity index (χ2v) is 9.90. The van der Waals surface area contributed by atoms with E-state index in [0.717, 1.165) is 72.4 Å². The number of hydrogen-bond donors (Lipinski definition) is 1. The first-order chi connectivity index (χ1) is 18.6. The van der Waals surface area contributed by atoms with Gasteiger partial charge in [-0.05, 0) is 74.9 Å². The fraction of sp³-hybridized carbons (Fsp3) is 0.438. The van der Waals surface area contributed by atoms with Gasteiger partial charge in [0.1, 0.15) is 24.4 Å². The lowest BCUT2D eigenvalue weighted by Gasteiger charge is -2.21. The molecular weight excluding hydrogens is 476 g/mol. The first-order valence-electron chi connectivity index (χ1n) is 14.1. The molecule has 38 heavy (non-hydrogen) atoms. The molecule has 0 amide bonds. The highest BCUT2D eigenvalue weighted by Crippen LogP contribution is 2.25. The molecule has 2 aromatic carbocycles. The van der Waals surface area contributed by atoms with Gasteiger partial charge in [0.05, 0.1) is 12.7 Å². The zero-order chi connectivity index (χ0) is 26.7. The normalized spacial score (nSPS) is 13.8. The molecule has 4 rings (SSSR count). The molecule has 0 atom stereocenters. The molecule has 0 aliphatic carbocycles. The summed E-state index contributed by atoms with van der Waals surface area (Å²) in [6.45, 7) is 8.97. The molecule has 202 valence electrons. The topological polar surface area (TPSA) is 65.9 Å². The molecule has 0 bridgehead atoms. The van der Waals surface area contributed by atoms with Crippen LogP contribution in [0.25, 0.3) is 23.1 Å². The first kappa shape index (κ1) is 27.5. The van der Waals surface area contributed by atoms with Crippen LogP contribution in [-0.2, 0) is 4.79 Å². The van der Waals surface area contributed by atoms with E-state index in [2.05, 4.69) is 71.9 Å². The fourth-order valence-corrected chi connectivity index (χ4v) is 4.99. The van der Waals surface area contributed by atoms with Crippen LogP contribution in [0.3, 0.4) is 0 Å². The third kappa shape index (κ3) is 7.50. The third-order valence-electron chi connectivity index (χ3n) is 7.21. The Morgan fingerprint density at radius 3 is 2.45 bits per heavy atom. The highest BCUT2D eigenvalue weighted by molar-refractivity contribution is 5.91. The SMILES string of the molecule is CCN(CC)c1ccc2c(/C=C/c3ccc(OCCCCCC(=O)O)cc3)cc(=[N+]3CCCCC3)oc2c1. The summed E-state index contributed by atoms with van der Waals surface area (Å²) < 4.78 is 14.7. The maximum Gasteiger partial charge on any atom is 0.368 e. The van der Waals surface area contributed by atoms with E-state index in [1.807, 2.05) is 12.1 Å². The number of carboxylic acid groups (broad SMARTS) is 1. The minimum atomic E-state index is -0.737.